The van der Waals surface area contributed by atoms with E-state index in [0.717, 1.165) is 19.1 Å². The van der Waals surface area contributed by atoms with Gasteiger partial charge in [-0.25, -0.2) is 4.98 Å². The lowest BCUT2D eigenvalue weighted by molar-refractivity contribution is -0.159. The Labute approximate surface area is 195 Å². The number of halogens is 6. The second kappa shape index (κ2) is 8.87. The smallest absolute Gasteiger partial charge is 0.329 e. The van der Waals surface area contributed by atoms with Gasteiger partial charge in [-0.15, -0.1) is 0 Å². The van der Waals surface area contributed by atoms with Crippen LogP contribution in [0.2, 0.25) is 0 Å². The van der Waals surface area contributed by atoms with Gasteiger partial charge in [0.15, 0.2) is 5.78 Å². The van der Waals surface area contributed by atoms with E-state index in [1.54, 1.807) is 10.6 Å². The number of rotatable bonds is 4. The molecule has 0 spiro atoms. The molecular weight excluding hydrogens is 504 g/mol. The highest BCUT2D eigenvalue weighted by atomic mass is 32.1. The average molecular weight is 517 g/mol. The minimum absolute atomic E-state index is 0.0921. The monoisotopic (exact) mass is 517 g/mol. The molecule has 1 aliphatic carbocycles. The quantitative estimate of drug-likeness (QED) is 0.318. The summed E-state index contributed by atoms with van der Waals surface area (Å²) in [5, 5.41) is 3.31. The molecule has 35 heavy (non-hydrogen) atoms. The largest absolute Gasteiger partial charge is 0.471 e. The van der Waals surface area contributed by atoms with Crippen LogP contribution >= 0.6 is 0 Å². The van der Waals surface area contributed by atoms with Gasteiger partial charge in [-0.2, -0.15) is 35.7 Å². The Morgan fingerprint density at radius 2 is 1.94 bits per heavy atom. The minimum Gasteiger partial charge on any atom is -0.329 e. The molecule has 0 saturated carbocycles. The van der Waals surface area contributed by atoms with Gasteiger partial charge >= 0.3 is 18.2 Å². The number of fused-ring (bicyclic) bond motifs is 1. The fraction of sp³-hybridized carbons (Fsp3) is 0.250. The third-order valence-corrected chi connectivity index (χ3v) is 5.65. The van der Waals surface area contributed by atoms with Gasteiger partial charge in [0.1, 0.15) is 17.1 Å². The number of ketones is 1. The normalized spacial score (nSPS) is 17.5. The number of pyridine rings is 1. The fourth-order valence-corrected chi connectivity index (χ4v) is 3.90. The number of allylic oxidation sites excluding steroid dienone is 3. The van der Waals surface area contributed by atoms with E-state index >= 15 is 0 Å². The van der Waals surface area contributed by atoms with E-state index in [0.29, 0.717) is 11.3 Å². The molecule has 0 fully saturated rings. The third-order valence-electron chi connectivity index (χ3n) is 4.85. The van der Waals surface area contributed by atoms with Crippen molar-refractivity contribution in [2.24, 2.45) is 10.3 Å². The van der Waals surface area contributed by atoms with E-state index in [1.807, 2.05) is 0 Å². The molecule has 1 amide bonds. The number of imidazole rings is 1. The van der Waals surface area contributed by atoms with Crippen molar-refractivity contribution in [2.75, 3.05) is 0 Å². The zero-order valence-corrected chi connectivity index (χ0v) is 18.3. The highest BCUT2D eigenvalue weighted by Gasteiger charge is 2.45. The Kier molecular flexibility index (Phi) is 6.21. The molecule has 0 saturated heterocycles. The van der Waals surface area contributed by atoms with E-state index in [4.69, 9.17) is 0 Å². The van der Waals surface area contributed by atoms with Crippen LogP contribution in [0.25, 0.3) is 17.0 Å². The van der Waals surface area contributed by atoms with Gasteiger partial charge in [-0.1, -0.05) is 28.9 Å². The summed E-state index contributed by atoms with van der Waals surface area (Å²) < 4.78 is 86.8. The van der Waals surface area contributed by atoms with Gasteiger partial charge < -0.3 is 8.92 Å². The average Bonchev–Trinajstić information content (AvgIpc) is 3.39. The number of hydrogen-bond acceptors (Lipinski definition) is 6. The van der Waals surface area contributed by atoms with Crippen molar-refractivity contribution in [3.63, 3.8) is 0 Å². The zero-order valence-electron chi connectivity index (χ0n) is 17.4. The minimum atomic E-state index is -4.88. The van der Waals surface area contributed by atoms with Crippen LogP contribution in [0.15, 0.2) is 56.7 Å². The first-order valence-electron chi connectivity index (χ1n) is 9.65. The molecule has 3 aromatic rings. The molecule has 1 atom stereocenters. The van der Waals surface area contributed by atoms with Gasteiger partial charge in [0.2, 0.25) is 5.82 Å². The lowest BCUT2D eigenvalue weighted by Gasteiger charge is -2.19. The summed E-state index contributed by atoms with van der Waals surface area (Å²) in [4.78, 5) is 32.0. The molecular formula is C20H13F6N5O3S. The van der Waals surface area contributed by atoms with Crippen molar-refractivity contribution in [2.45, 2.75) is 25.0 Å². The van der Waals surface area contributed by atoms with E-state index in [2.05, 4.69) is 24.0 Å². The summed E-state index contributed by atoms with van der Waals surface area (Å²) in [5.41, 5.74) is -0.661. The van der Waals surface area contributed by atoms with E-state index < -0.39 is 41.4 Å². The van der Waals surface area contributed by atoms with Crippen molar-refractivity contribution in [3.05, 3.63) is 59.4 Å². The standard InChI is InChI=1S/C20H13F6N5O3S/c1-9-2-3-12(15(32)14(9)19(21,22)23)17(33)30-35-8-11-7-31-5-4-10(6-13(31)27-11)16-28-18(34-29-16)20(24,25)26/h2-7,12,35H,8H2,1H3. The Bertz CT molecular complexity index is 1420. The number of nitrogens with zero attached hydrogens (tertiary/aromatic N) is 5. The summed E-state index contributed by atoms with van der Waals surface area (Å²) in [6, 6.07) is 2.87. The van der Waals surface area contributed by atoms with Crippen LogP contribution in [-0.2, 0) is 33.1 Å². The number of carbonyl (C=O) groups excluding carboxylic acids is 2. The Morgan fingerprint density at radius 3 is 2.60 bits per heavy atom. The summed E-state index contributed by atoms with van der Waals surface area (Å²) in [5.74, 6) is -5.68. The van der Waals surface area contributed by atoms with E-state index in [1.165, 1.54) is 18.3 Å². The number of Topliss-reactive ketones (excluding diaryl/α,β-unsaturated/α-hetero) is 1. The second-order valence-corrected chi connectivity index (χ2v) is 8.13. The van der Waals surface area contributed by atoms with Crippen LogP contribution in [0.5, 0.6) is 0 Å². The number of alkyl halides is 6. The first kappa shape index (κ1) is 24.5. The topological polar surface area (TPSA) is 103 Å². The molecule has 0 radical (unpaired) electrons. The fourth-order valence-electron chi connectivity index (χ4n) is 3.26. The molecule has 3 heterocycles. The van der Waals surface area contributed by atoms with Gasteiger partial charge in [0, 0.05) is 23.7 Å². The lowest BCUT2D eigenvalue weighted by Crippen LogP contribution is -2.32. The SMILES string of the molecule is CC1=C(C(F)(F)F)C(=O)C(C(=O)N=[SH]Cc2cn3ccc(-c4noc(C(F)(F)F)n4)cc3n2)C=C1. The Hall–Kier alpha value is -3.62. The van der Waals surface area contributed by atoms with Gasteiger partial charge in [0.05, 0.1) is 5.69 Å². The predicted molar refractivity (Wildman–Crippen MR) is 110 cm³/mol. The molecule has 0 aromatic carbocycles. The summed E-state index contributed by atoms with van der Waals surface area (Å²) in [6.07, 6.45) is -4.43. The maximum atomic E-state index is 13.1. The highest BCUT2D eigenvalue weighted by Crippen LogP contribution is 2.34. The maximum Gasteiger partial charge on any atom is 0.471 e. The number of hydrogen-bond donors (Lipinski definition) is 1. The number of thiol groups is 1. The van der Waals surface area contributed by atoms with Crippen LogP contribution < -0.4 is 0 Å². The van der Waals surface area contributed by atoms with Crippen LogP contribution in [0, 0.1) is 5.92 Å². The van der Waals surface area contributed by atoms with E-state index in [-0.39, 0.29) is 34.3 Å². The summed E-state index contributed by atoms with van der Waals surface area (Å²) in [6.45, 7) is 1.13. The Balaban J connectivity index is 1.46. The zero-order chi connectivity index (χ0) is 25.5. The molecule has 1 unspecified atom stereocenters. The summed E-state index contributed by atoms with van der Waals surface area (Å²) in [7, 11) is 0. The van der Waals surface area contributed by atoms with Crippen molar-refractivity contribution in [3.8, 4) is 11.4 Å². The Morgan fingerprint density at radius 1 is 1.20 bits per heavy atom. The second-order valence-electron chi connectivity index (χ2n) is 7.33. The molecule has 8 nitrogen and oxygen atoms in total. The van der Waals surface area contributed by atoms with Crippen LogP contribution in [-0.4, -0.2) is 37.4 Å². The molecule has 3 aromatic heterocycles. The number of amides is 1. The summed E-state index contributed by atoms with van der Waals surface area (Å²) >= 11 is 0.136. The molecule has 15 heteroatoms. The molecule has 184 valence electrons. The molecule has 0 aliphatic heterocycles. The van der Waals surface area contributed by atoms with Crippen molar-refractivity contribution >= 4 is 28.9 Å². The third kappa shape index (κ3) is 5.08. The van der Waals surface area contributed by atoms with Crippen LogP contribution in [0.3, 0.4) is 0 Å². The van der Waals surface area contributed by atoms with Crippen LogP contribution in [0.4, 0.5) is 26.3 Å². The number of aromatic nitrogens is 4. The van der Waals surface area contributed by atoms with Crippen LogP contribution in [0.1, 0.15) is 18.5 Å². The first-order chi connectivity index (χ1) is 16.3. The van der Waals surface area contributed by atoms with Crippen molar-refractivity contribution in [1.29, 1.82) is 0 Å². The molecule has 0 N–H and O–H groups in total. The highest BCUT2D eigenvalue weighted by molar-refractivity contribution is 7.67. The lowest BCUT2D eigenvalue weighted by atomic mass is 9.88. The van der Waals surface area contributed by atoms with Gasteiger partial charge in [-0.3, -0.25) is 9.59 Å². The molecule has 1 aliphatic rings. The first-order valence-corrected chi connectivity index (χ1v) is 10.7. The van der Waals surface area contributed by atoms with Gasteiger partial charge in [0.25, 0.3) is 5.91 Å². The molecule has 4 rings (SSSR count). The maximum absolute atomic E-state index is 13.1. The van der Waals surface area contributed by atoms with Crippen molar-refractivity contribution < 1.29 is 40.5 Å². The van der Waals surface area contributed by atoms with Gasteiger partial charge in [-0.05, 0) is 24.6 Å². The number of carbonyl (C=O) groups is 2. The van der Waals surface area contributed by atoms with E-state index in [9.17, 15) is 35.9 Å². The molecule has 0 bridgehead atoms. The van der Waals surface area contributed by atoms with Crippen molar-refractivity contribution in [1.82, 2.24) is 19.5 Å². The predicted octanol–water partition coefficient (Wildman–Crippen LogP) is 4.06.